The average molecular weight is 302 g/mol. The molecule has 7 nitrogen and oxygen atoms in total. The van der Waals surface area contributed by atoms with Gasteiger partial charge in [0, 0.05) is 43.4 Å². The summed E-state index contributed by atoms with van der Waals surface area (Å²) >= 11 is 0. The molecule has 1 N–H and O–H groups in total. The van der Waals surface area contributed by atoms with E-state index in [1.54, 1.807) is 17.0 Å². The molecule has 1 aliphatic rings. The van der Waals surface area contributed by atoms with Crippen molar-refractivity contribution in [3.63, 3.8) is 0 Å². The van der Waals surface area contributed by atoms with Gasteiger partial charge in [-0.2, -0.15) is 0 Å². The monoisotopic (exact) mass is 302 g/mol. The summed E-state index contributed by atoms with van der Waals surface area (Å²) in [6.07, 6.45) is 4.03. The van der Waals surface area contributed by atoms with Crippen LogP contribution in [-0.4, -0.2) is 39.0 Å². The standard InChI is InChI=1S/C15H18N4O3/c1-2-11-8-13(18-22-11)14(20)19-7-3-4-10(9-19)12-5-6-16-15(21)17-12/h5-6,8,10H,2-4,7,9H2,1H3,(H,16,17,21)/t10-/m0/s1. The van der Waals surface area contributed by atoms with Crippen molar-refractivity contribution in [2.24, 2.45) is 0 Å². The molecule has 2 aromatic heterocycles. The van der Waals surface area contributed by atoms with Crippen molar-refractivity contribution in [3.8, 4) is 0 Å². The van der Waals surface area contributed by atoms with E-state index in [1.165, 1.54) is 6.20 Å². The molecular formula is C15H18N4O3. The molecule has 0 spiro atoms. The molecule has 0 saturated carbocycles. The van der Waals surface area contributed by atoms with E-state index in [9.17, 15) is 9.59 Å². The summed E-state index contributed by atoms with van der Waals surface area (Å²) in [5.41, 5.74) is 0.817. The molecule has 1 aliphatic heterocycles. The molecule has 7 heteroatoms. The average Bonchev–Trinajstić information content (AvgIpc) is 3.03. The predicted octanol–water partition coefficient (Wildman–Crippen LogP) is 1.34. The van der Waals surface area contributed by atoms with Crippen LogP contribution < -0.4 is 5.69 Å². The number of hydrogen-bond donors (Lipinski definition) is 1. The van der Waals surface area contributed by atoms with Crippen LogP contribution in [-0.2, 0) is 6.42 Å². The van der Waals surface area contributed by atoms with Crippen LogP contribution in [0, 0.1) is 0 Å². The van der Waals surface area contributed by atoms with Gasteiger partial charge in [-0.25, -0.2) is 9.78 Å². The van der Waals surface area contributed by atoms with Gasteiger partial charge in [-0.15, -0.1) is 0 Å². The molecule has 3 rings (SSSR count). The second-order valence-corrected chi connectivity index (χ2v) is 5.45. The second-order valence-electron chi connectivity index (χ2n) is 5.45. The third-order valence-electron chi connectivity index (χ3n) is 3.97. The topological polar surface area (TPSA) is 92.1 Å². The molecule has 0 radical (unpaired) electrons. The van der Waals surface area contributed by atoms with Crippen molar-refractivity contribution in [1.29, 1.82) is 0 Å². The summed E-state index contributed by atoms with van der Waals surface area (Å²) in [5, 5.41) is 3.84. The van der Waals surface area contributed by atoms with Gasteiger partial charge in [0.2, 0.25) is 0 Å². The fourth-order valence-corrected chi connectivity index (χ4v) is 2.78. The SMILES string of the molecule is CCc1cc(C(=O)N2CCC[C@H](c3ccnc(=O)[nH]3)C2)no1. The summed E-state index contributed by atoms with van der Waals surface area (Å²) in [4.78, 5) is 32.0. The Morgan fingerprint density at radius 1 is 1.55 bits per heavy atom. The van der Waals surface area contributed by atoms with Crippen LogP contribution in [0.15, 0.2) is 27.6 Å². The minimum atomic E-state index is -0.356. The highest BCUT2D eigenvalue weighted by Crippen LogP contribution is 2.25. The van der Waals surface area contributed by atoms with Gasteiger partial charge in [0.1, 0.15) is 5.76 Å². The van der Waals surface area contributed by atoms with Crippen molar-refractivity contribution in [2.45, 2.75) is 32.1 Å². The van der Waals surface area contributed by atoms with Crippen molar-refractivity contribution >= 4 is 5.91 Å². The first-order valence-corrected chi connectivity index (χ1v) is 7.47. The number of piperidine rings is 1. The third kappa shape index (κ3) is 2.93. The highest BCUT2D eigenvalue weighted by Gasteiger charge is 2.27. The maximum absolute atomic E-state index is 12.5. The lowest BCUT2D eigenvalue weighted by molar-refractivity contribution is 0.0695. The van der Waals surface area contributed by atoms with E-state index in [-0.39, 0.29) is 17.5 Å². The van der Waals surface area contributed by atoms with Crippen molar-refractivity contribution in [1.82, 2.24) is 20.0 Å². The normalized spacial score (nSPS) is 18.4. The van der Waals surface area contributed by atoms with E-state index in [0.717, 1.165) is 18.5 Å². The molecule has 3 heterocycles. The molecule has 1 amide bonds. The molecule has 1 saturated heterocycles. The van der Waals surface area contributed by atoms with Gasteiger partial charge in [-0.3, -0.25) is 4.79 Å². The number of rotatable bonds is 3. The van der Waals surface area contributed by atoms with Crippen molar-refractivity contribution < 1.29 is 9.32 Å². The minimum absolute atomic E-state index is 0.117. The molecule has 0 aromatic carbocycles. The molecule has 22 heavy (non-hydrogen) atoms. The number of hydrogen-bond acceptors (Lipinski definition) is 5. The van der Waals surface area contributed by atoms with E-state index in [4.69, 9.17) is 4.52 Å². The van der Waals surface area contributed by atoms with Crippen molar-refractivity contribution in [2.75, 3.05) is 13.1 Å². The van der Waals surface area contributed by atoms with Crippen LogP contribution >= 0.6 is 0 Å². The lowest BCUT2D eigenvalue weighted by Crippen LogP contribution is -2.39. The zero-order valence-corrected chi connectivity index (χ0v) is 12.4. The van der Waals surface area contributed by atoms with Crippen LogP contribution in [0.3, 0.4) is 0 Å². The molecule has 0 aliphatic carbocycles. The maximum Gasteiger partial charge on any atom is 0.345 e. The van der Waals surface area contributed by atoms with Gasteiger partial charge in [0.05, 0.1) is 0 Å². The Balaban J connectivity index is 1.75. The molecular weight excluding hydrogens is 284 g/mol. The number of amides is 1. The lowest BCUT2D eigenvalue weighted by atomic mass is 9.94. The van der Waals surface area contributed by atoms with Crippen LogP contribution in [0.2, 0.25) is 0 Å². The van der Waals surface area contributed by atoms with Crippen LogP contribution in [0.25, 0.3) is 0 Å². The van der Waals surface area contributed by atoms with E-state index < -0.39 is 0 Å². The van der Waals surface area contributed by atoms with Gasteiger partial charge in [0.15, 0.2) is 5.69 Å². The zero-order chi connectivity index (χ0) is 15.5. The van der Waals surface area contributed by atoms with E-state index in [0.29, 0.717) is 31.0 Å². The number of carbonyl (C=O) groups is 1. The summed E-state index contributed by atoms with van der Waals surface area (Å²) < 4.78 is 5.10. The third-order valence-corrected chi connectivity index (χ3v) is 3.97. The van der Waals surface area contributed by atoms with Crippen LogP contribution in [0.1, 0.15) is 47.6 Å². The molecule has 2 aromatic rings. The van der Waals surface area contributed by atoms with E-state index >= 15 is 0 Å². The quantitative estimate of drug-likeness (QED) is 0.923. The van der Waals surface area contributed by atoms with Crippen molar-refractivity contribution in [3.05, 3.63) is 46.0 Å². The molecule has 1 atom stereocenters. The molecule has 116 valence electrons. The number of aromatic nitrogens is 3. The first kappa shape index (κ1) is 14.5. The Kier molecular flexibility index (Phi) is 4.04. The van der Waals surface area contributed by atoms with Crippen LogP contribution in [0.4, 0.5) is 0 Å². The summed E-state index contributed by atoms with van der Waals surface area (Å²) in [6, 6.07) is 3.49. The summed E-state index contributed by atoms with van der Waals surface area (Å²) in [6.45, 7) is 3.21. The fraction of sp³-hybridized carbons (Fsp3) is 0.467. The number of aromatic amines is 1. The Labute approximate surface area is 127 Å². The Bertz CT molecular complexity index is 721. The van der Waals surface area contributed by atoms with Crippen LogP contribution in [0.5, 0.6) is 0 Å². The van der Waals surface area contributed by atoms with Gasteiger partial charge in [-0.05, 0) is 18.9 Å². The predicted molar refractivity (Wildman–Crippen MR) is 78.6 cm³/mol. The Morgan fingerprint density at radius 3 is 3.14 bits per heavy atom. The molecule has 0 bridgehead atoms. The number of nitrogens with zero attached hydrogens (tertiary/aromatic N) is 3. The largest absolute Gasteiger partial charge is 0.361 e. The summed E-state index contributed by atoms with van der Waals surface area (Å²) in [5.74, 6) is 0.700. The van der Waals surface area contributed by atoms with Gasteiger partial charge in [0.25, 0.3) is 5.91 Å². The second kappa shape index (κ2) is 6.13. The number of aryl methyl sites for hydroxylation is 1. The van der Waals surface area contributed by atoms with Gasteiger partial charge >= 0.3 is 5.69 Å². The highest BCUT2D eigenvalue weighted by molar-refractivity contribution is 5.92. The number of likely N-dealkylation sites (tertiary alicyclic amines) is 1. The number of H-pyrrole nitrogens is 1. The summed E-state index contributed by atoms with van der Waals surface area (Å²) in [7, 11) is 0. The van der Waals surface area contributed by atoms with Gasteiger partial charge < -0.3 is 14.4 Å². The van der Waals surface area contributed by atoms with E-state index in [2.05, 4.69) is 15.1 Å². The fourth-order valence-electron chi connectivity index (χ4n) is 2.78. The Hall–Kier alpha value is -2.44. The number of carbonyl (C=O) groups excluding carboxylic acids is 1. The molecule has 1 fully saturated rings. The maximum atomic E-state index is 12.5. The first-order valence-electron chi connectivity index (χ1n) is 7.47. The minimum Gasteiger partial charge on any atom is -0.361 e. The Morgan fingerprint density at radius 2 is 2.41 bits per heavy atom. The zero-order valence-electron chi connectivity index (χ0n) is 12.4. The number of nitrogens with one attached hydrogen (secondary N) is 1. The lowest BCUT2D eigenvalue weighted by Gasteiger charge is -2.32. The smallest absolute Gasteiger partial charge is 0.345 e. The first-order chi connectivity index (χ1) is 10.7. The molecule has 0 unspecified atom stereocenters. The van der Waals surface area contributed by atoms with Gasteiger partial charge in [-0.1, -0.05) is 12.1 Å². The highest BCUT2D eigenvalue weighted by atomic mass is 16.5. The van der Waals surface area contributed by atoms with E-state index in [1.807, 2.05) is 6.92 Å².